The lowest BCUT2D eigenvalue weighted by molar-refractivity contribution is -0.163. The second-order valence-corrected chi connectivity index (χ2v) is 16.4. The number of nitrogens with zero attached hydrogens (tertiary/aromatic N) is 3. The standard InChI is InChI=1S/C41H52ClN7O9/c1-22-9-7-10-26(15-22)17-30(45-41(57)44-28-12-8-11-27(42)18-28)35(51)46-34-25(4)58-40(56)33-16-23(2)20-48(33)37(53)24(3)43-36(52)31-13-5-6-14-47(31)38(54)32-19-29(50)21-49(32)39(34)55/h7-12,15,18,23-25,29-34,50H,5-6,13-14,16-17,19-21H2,1-4H3,(H,43,52)(H,46,51)(H2,44,45,57)/t23-,24-,25-,29+,30-,31-,32-,33-,34-/m0/s1. The third-order valence-electron chi connectivity index (χ3n) is 11.3. The molecular weight excluding hydrogens is 770 g/mol. The fourth-order valence-corrected chi connectivity index (χ4v) is 8.59. The zero-order valence-corrected chi connectivity index (χ0v) is 33.9. The Morgan fingerprint density at radius 2 is 1.64 bits per heavy atom. The number of benzene rings is 2. The summed E-state index contributed by atoms with van der Waals surface area (Å²) in [5, 5.41) is 22.1. The third-order valence-corrected chi connectivity index (χ3v) is 11.5. The number of carbonyl (C=O) groups excluding carboxylic acids is 7. The number of piperidine rings is 1. The molecule has 312 valence electrons. The second kappa shape index (κ2) is 18.1. The topological polar surface area (TPSA) is 207 Å². The van der Waals surface area contributed by atoms with Gasteiger partial charge in [-0.25, -0.2) is 9.59 Å². The van der Waals surface area contributed by atoms with Gasteiger partial charge in [0.15, 0.2) is 0 Å². The van der Waals surface area contributed by atoms with E-state index >= 15 is 0 Å². The molecule has 7 amide bonds. The Hall–Kier alpha value is -5.22. The highest BCUT2D eigenvalue weighted by molar-refractivity contribution is 6.30. The molecule has 0 spiro atoms. The molecule has 4 aliphatic rings. The first-order valence-electron chi connectivity index (χ1n) is 19.9. The number of aryl methyl sites for hydroxylation is 1. The predicted octanol–water partition coefficient (Wildman–Crippen LogP) is 1.90. The lowest BCUT2D eigenvalue weighted by Gasteiger charge is -2.39. The zero-order chi connectivity index (χ0) is 41.8. The molecule has 4 saturated heterocycles. The lowest BCUT2D eigenvalue weighted by atomic mass is 9.98. The molecule has 4 fully saturated rings. The summed E-state index contributed by atoms with van der Waals surface area (Å²) < 4.78 is 5.92. The van der Waals surface area contributed by atoms with Crippen molar-refractivity contribution in [3.05, 3.63) is 64.7 Å². The Bertz CT molecular complexity index is 1930. The predicted molar refractivity (Wildman–Crippen MR) is 212 cm³/mol. The molecule has 6 rings (SSSR count). The quantitative estimate of drug-likeness (QED) is 0.270. The van der Waals surface area contributed by atoms with Crippen molar-refractivity contribution in [2.24, 2.45) is 5.92 Å². The fraction of sp³-hybridized carbons (Fsp3) is 0.537. The number of aliphatic hydroxyl groups is 1. The third kappa shape index (κ3) is 9.72. The van der Waals surface area contributed by atoms with Crippen LogP contribution in [0.1, 0.15) is 64.0 Å². The summed E-state index contributed by atoms with van der Waals surface area (Å²) in [6.07, 6.45) is -0.740. The van der Waals surface area contributed by atoms with Crippen LogP contribution in [0.2, 0.25) is 5.02 Å². The summed E-state index contributed by atoms with van der Waals surface area (Å²) in [6, 6.07) is 5.97. The molecule has 17 heteroatoms. The van der Waals surface area contributed by atoms with Gasteiger partial charge >= 0.3 is 12.0 Å². The molecule has 9 atom stereocenters. The van der Waals surface area contributed by atoms with E-state index in [1.807, 2.05) is 32.0 Å². The molecule has 0 saturated carbocycles. The van der Waals surface area contributed by atoms with E-state index in [9.17, 15) is 38.7 Å². The summed E-state index contributed by atoms with van der Waals surface area (Å²) >= 11 is 6.11. The number of halogens is 1. The van der Waals surface area contributed by atoms with E-state index in [1.54, 1.807) is 24.3 Å². The normalized spacial score (nSPS) is 28.8. The van der Waals surface area contributed by atoms with Gasteiger partial charge in [0.2, 0.25) is 29.5 Å². The van der Waals surface area contributed by atoms with E-state index in [0.29, 0.717) is 35.5 Å². The first-order chi connectivity index (χ1) is 27.6. The molecule has 4 heterocycles. The smallest absolute Gasteiger partial charge is 0.329 e. The number of amides is 7. The second-order valence-electron chi connectivity index (χ2n) is 16.0. The summed E-state index contributed by atoms with van der Waals surface area (Å²) in [5.74, 6) is -4.11. The van der Waals surface area contributed by atoms with Gasteiger partial charge in [-0.1, -0.05) is 54.4 Å². The number of cyclic esters (lactones) is 1. The number of anilines is 1. The number of esters is 1. The van der Waals surface area contributed by atoms with Gasteiger partial charge in [-0.2, -0.15) is 0 Å². The van der Waals surface area contributed by atoms with Crippen molar-refractivity contribution in [1.82, 2.24) is 30.7 Å². The van der Waals surface area contributed by atoms with Gasteiger partial charge in [-0.3, -0.25) is 24.0 Å². The molecule has 2 aromatic rings. The minimum absolute atomic E-state index is 0.00271. The first kappa shape index (κ1) is 42.4. The number of ether oxygens (including phenoxy) is 1. The average molecular weight is 822 g/mol. The number of hydrogen-bond donors (Lipinski definition) is 5. The van der Waals surface area contributed by atoms with E-state index in [-0.39, 0.29) is 44.8 Å². The molecule has 16 nitrogen and oxygen atoms in total. The van der Waals surface area contributed by atoms with Crippen molar-refractivity contribution in [3.63, 3.8) is 0 Å². The first-order valence-corrected chi connectivity index (χ1v) is 20.3. The number of fused-ring (bicyclic) bond motifs is 3. The van der Waals surface area contributed by atoms with Crippen molar-refractivity contribution in [2.45, 2.75) is 115 Å². The van der Waals surface area contributed by atoms with E-state index in [1.165, 1.54) is 34.6 Å². The molecule has 4 aliphatic heterocycles. The van der Waals surface area contributed by atoms with Gasteiger partial charge in [0.25, 0.3) is 0 Å². The van der Waals surface area contributed by atoms with E-state index < -0.39 is 90.0 Å². The van der Waals surface area contributed by atoms with Crippen LogP contribution in [0.4, 0.5) is 10.5 Å². The molecule has 0 bridgehead atoms. The Morgan fingerprint density at radius 3 is 2.38 bits per heavy atom. The summed E-state index contributed by atoms with van der Waals surface area (Å²) in [6.45, 7) is 6.89. The summed E-state index contributed by atoms with van der Waals surface area (Å²) in [4.78, 5) is 102. The fourth-order valence-electron chi connectivity index (χ4n) is 8.40. The van der Waals surface area contributed by atoms with E-state index in [0.717, 1.165) is 5.56 Å². The monoisotopic (exact) mass is 821 g/mol. The zero-order valence-electron chi connectivity index (χ0n) is 33.1. The van der Waals surface area contributed by atoms with Crippen molar-refractivity contribution in [2.75, 3.05) is 25.0 Å². The average Bonchev–Trinajstić information content (AvgIpc) is 3.77. The van der Waals surface area contributed by atoms with E-state index in [4.69, 9.17) is 16.3 Å². The summed E-state index contributed by atoms with van der Waals surface area (Å²) in [5.41, 5.74) is 1.98. The van der Waals surface area contributed by atoms with Crippen LogP contribution in [-0.2, 0) is 39.9 Å². The Balaban J connectivity index is 1.35. The SMILES string of the molecule is Cc1cccc(C[C@H](NC(=O)Nc2cccc(Cl)c2)C(=O)N[C@@H]2C(=O)N3C[C@H](O)C[C@H]3C(=O)N3CCCC[C@H]3C(=O)N[C@@H](C)C(=O)N3C[C@@H](C)C[C@H]3C(=O)O[C@H]2C)c1. The van der Waals surface area contributed by atoms with Crippen LogP contribution in [0.25, 0.3) is 0 Å². The number of hydrogen-bond acceptors (Lipinski definition) is 9. The lowest BCUT2D eigenvalue weighted by Crippen LogP contribution is -2.63. The molecule has 0 aliphatic carbocycles. The van der Waals surface area contributed by atoms with Crippen LogP contribution in [0.15, 0.2) is 48.5 Å². The molecule has 58 heavy (non-hydrogen) atoms. The van der Waals surface area contributed by atoms with Crippen LogP contribution < -0.4 is 21.3 Å². The van der Waals surface area contributed by atoms with Crippen molar-refractivity contribution in [1.29, 1.82) is 0 Å². The van der Waals surface area contributed by atoms with Gasteiger partial charge in [0.05, 0.1) is 6.10 Å². The number of urea groups is 1. The van der Waals surface area contributed by atoms with Gasteiger partial charge in [0.1, 0.15) is 42.4 Å². The number of aliphatic hydroxyl groups excluding tert-OH is 1. The highest BCUT2D eigenvalue weighted by atomic mass is 35.5. The van der Waals surface area contributed by atoms with Crippen molar-refractivity contribution in [3.8, 4) is 0 Å². The number of carbonyl (C=O) groups is 7. The molecule has 0 unspecified atom stereocenters. The van der Waals surface area contributed by atoms with Crippen molar-refractivity contribution < 1.29 is 43.4 Å². The van der Waals surface area contributed by atoms with Crippen LogP contribution in [0.5, 0.6) is 0 Å². The Labute approximate surface area is 342 Å². The molecule has 5 N–H and O–H groups in total. The Kier molecular flexibility index (Phi) is 13.3. The maximum absolute atomic E-state index is 14.8. The van der Waals surface area contributed by atoms with Crippen LogP contribution in [0, 0.1) is 12.8 Å². The van der Waals surface area contributed by atoms with Gasteiger partial charge in [-0.05, 0) is 76.1 Å². The molecular formula is C41H52ClN7O9. The molecule has 0 aromatic heterocycles. The van der Waals surface area contributed by atoms with Crippen LogP contribution in [0.3, 0.4) is 0 Å². The minimum Gasteiger partial charge on any atom is -0.458 e. The summed E-state index contributed by atoms with van der Waals surface area (Å²) in [7, 11) is 0. The van der Waals surface area contributed by atoms with E-state index in [2.05, 4.69) is 21.3 Å². The Morgan fingerprint density at radius 1 is 0.897 bits per heavy atom. The van der Waals surface area contributed by atoms with Gasteiger partial charge in [0, 0.05) is 43.2 Å². The highest BCUT2D eigenvalue weighted by Crippen LogP contribution is 2.29. The number of nitrogens with one attached hydrogen (secondary N) is 4. The van der Waals surface area contributed by atoms with Gasteiger partial charge < -0.3 is 45.8 Å². The molecule has 0 radical (unpaired) electrons. The molecule has 2 aromatic carbocycles. The van der Waals surface area contributed by atoms with Crippen LogP contribution in [-0.4, -0.2) is 129 Å². The minimum atomic E-state index is -1.61. The number of rotatable bonds is 6. The largest absolute Gasteiger partial charge is 0.458 e. The van der Waals surface area contributed by atoms with Crippen molar-refractivity contribution >= 4 is 58.8 Å². The maximum Gasteiger partial charge on any atom is 0.329 e. The maximum atomic E-state index is 14.8. The van der Waals surface area contributed by atoms with Crippen LogP contribution >= 0.6 is 11.6 Å². The highest BCUT2D eigenvalue weighted by Gasteiger charge is 2.49. The van der Waals surface area contributed by atoms with Gasteiger partial charge in [-0.15, -0.1) is 0 Å².